The van der Waals surface area contributed by atoms with Gasteiger partial charge in [-0.2, -0.15) is 0 Å². The van der Waals surface area contributed by atoms with Crippen LogP contribution >= 0.6 is 11.8 Å². The lowest BCUT2D eigenvalue weighted by molar-refractivity contribution is -0.116. The zero-order chi connectivity index (χ0) is 12.3. The topological polar surface area (TPSA) is 38.3 Å². The molecule has 0 bridgehead atoms. The second kappa shape index (κ2) is 5.27. The predicted molar refractivity (Wildman–Crippen MR) is 70.9 cm³/mol. The van der Waals surface area contributed by atoms with Crippen LogP contribution in [0.1, 0.15) is 18.1 Å². The molecule has 0 aromatic heterocycles. The van der Waals surface area contributed by atoms with E-state index in [1.54, 1.807) is 7.11 Å². The maximum atomic E-state index is 11.5. The Labute approximate surface area is 105 Å². The largest absolute Gasteiger partial charge is 0.497 e. The van der Waals surface area contributed by atoms with Gasteiger partial charge in [0.25, 0.3) is 5.91 Å². The molecule has 4 heteroatoms. The molecule has 1 heterocycles. The van der Waals surface area contributed by atoms with Gasteiger partial charge in [-0.25, -0.2) is 0 Å². The van der Waals surface area contributed by atoms with Crippen molar-refractivity contribution in [2.75, 3.05) is 13.0 Å². The minimum absolute atomic E-state index is 0.0101. The van der Waals surface area contributed by atoms with Gasteiger partial charge in [0, 0.05) is 0 Å². The number of rotatable bonds is 3. The third-order valence-corrected chi connectivity index (χ3v) is 3.52. The normalized spacial score (nSPS) is 17.3. The van der Waals surface area contributed by atoms with Gasteiger partial charge in [0.1, 0.15) is 5.75 Å². The second-order valence-corrected chi connectivity index (χ2v) is 4.79. The van der Waals surface area contributed by atoms with E-state index < -0.39 is 0 Å². The lowest BCUT2D eigenvalue weighted by Crippen LogP contribution is -2.13. The number of aryl methyl sites for hydroxylation is 1. The Morgan fingerprint density at radius 2 is 2.29 bits per heavy atom. The molecule has 2 rings (SSSR count). The summed E-state index contributed by atoms with van der Waals surface area (Å²) in [7, 11) is 1.66. The average molecular weight is 249 g/mol. The van der Waals surface area contributed by atoms with Crippen LogP contribution < -0.4 is 10.1 Å². The Hall–Kier alpha value is -1.42. The first-order valence-electron chi connectivity index (χ1n) is 5.53. The molecule has 1 aliphatic rings. The number of hydrogen-bond acceptors (Lipinski definition) is 3. The van der Waals surface area contributed by atoms with E-state index in [0.29, 0.717) is 5.88 Å². The summed E-state index contributed by atoms with van der Waals surface area (Å²) in [6.45, 7) is 2.10. The monoisotopic (exact) mass is 249 g/mol. The molecule has 0 unspecified atom stereocenters. The van der Waals surface area contributed by atoms with Crippen molar-refractivity contribution < 1.29 is 9.53 Å². The number of thioether (sulfide) groups is 1. The van der Waals surface area contributed by atoms with E-state index in [-0.39, 0.29) is 5.91 Å². The van der Waals surface area contributed by atoms with Crippen molar-refractivity contribution in [2.45, 2.75) is 13.3 Å². The van der Waals surface area contributed by atoms with Gasteiger partial charge in [-0.3, -0.25) is 4.79 Å². The Bertz CT molecular complexity index is 446. The number of carbonyl (C=O) groups is 1. The summed E-state index contributed by atoms with van der Waals surface area (Å²) in [6.07, 6.45) is 2.86. The van der Waals surface area contributed by atoms with Crippen LogP contribution in [0, 0.1) is 0 Å². The van der Waals surface area contributed by atoms with Gasteiger partial charge in [-0.15, -0.1) is 0 Å². The van der Waals surface area contributed by atoms with Crippen LogP contribution in [-0.2, 0) is 11.2 Å². The zero-order valence-corrected chi connectivity index (χ0v) is 10.8. The Kier molecular flexibility index (Phi) is 3.74. The summed E-state index contributed by atoms with van der Waals surface area (Å²) in [5.74, 6) is 1.51. The number of methoxy groups -OCH3 is 1. The van der Waals surface area contributed by atoms with Crippen LogP contribution in [0.25, 0.3) is 6.08 Å². The quantitative estimate of drug-likeness (QED) is 0.836. The summed E-state index contributed by atoms with van der Waals surface area (Å²) in [6, 6.07) is 6.05. The Morgan fingerprint density at radius 3 is 2.88 bits per heavy atom. The van der Waals surface area contributed by atoms with Crippen LogP contribution in [0.5, 0.6) is 5.75 Å². The lowest BCUT2D eigenvalue weighted by atomic mass is 10.1. The Balaban J connectivity index is 2.34. The van der Waals surface area contributed by atoms with Gasteiger partial charge in [0.05, 0.1) is 17.9 Å². The third-order valence-electron chi connectivity index (χ3n) is 2.61. The summed E-state index contributed by atoms with van der Waals surface area (Å²) in [4.78, 5) is 12.2. The van der Waals surface area contributed by atoms with Crippen molar-refractivity contribution in [3.8, 4) is 5.75 Å². The van der Waals surface area contributed by atoms with Crippen molar-refractivity contribution >= 4 is 23.7 Å². The molecule has 1 aliphatic heterocycles. The van der Waals surface area contributed by atoms with Crippen LogP contribution in [0.15, 0.2) is 23.1 Å². The van der Waals surface area contributed by atoms with Gasteiger partial charge in [0.15, 0.2) is 0 Å². The first kappa shape index (κ1) is 12.0. The molecule has 90 valence electrons. The minimum atomic E-state index is 0.0101. The van der Waals surface area contributed by atoms with Crippen LogP contribution in [-0.4, -0.2) is 18.9 Å². The summed E-state index contributed by atoms with van der Waals surface area (Å²) in [5, 5.41) is 2.77. The standard InChI is InChI=1S/C13H15NO2S/c1-3-9-4-10(6-11(5-9)16-2)7-12-13(15)14-8-17-12/h4-7H,3,8H2,1-2H3,(H,14,15)/b12-7-. The van der Waals surface area contributed by atoms with Gasteiger partial charge < -0.3 is 10.1 Å². The summed E-state index contributed by atoms with van der Waals surface area (Å²) in [5.41, 5.74) is 2.22. The molecule has 17 heavy (non-hydrogen) atoms. The number of hydrogen-bond donors (Lipinski definition) is 1. The number of ether oxygens (including phenoxy) is 1. The van der Waals surface area contributed by atoms with Gasteiger partial charge in [-0.05, 0) is 35.8 Å². The van der Waals surface area contributed by atoms with E-state index in [9.17, 15) is 4.79 Å². The molecule has 0 atom stereocenters. The molecule has 1 aromatic carbocycles. The molecular formula is C13H15NO2S. The summed E-state index contributed by atoms with van der Waals surface area (Å²) >= 11 is 1.53. The van der Waals surface area contributed by atoms with Crippen molar-refractivity contribution in [3.05, 3.63) is 34.2 Å². The van der Waals surface area contributed by atoms with E-state index >= 15 is 0 Å². The molecule has 1 N–H and O–H groups in total. The van der Waals surface area contributed by atoms with Crippen molar-refractivity contribution in [2.24, 2.45) is 0 Å². The Morgan fingerprint density at radius 1 is 1.47 bits per heavy atom. The SMILES string of the molecule is CCc1cc(/C=C2\SCNC2=O)cc(OC)c1. The molecule has 0 radical (unpaired) electrons. The zero-order valence-electron chi connectivity index (χ0n) is 9.95. The molecule has 3 nitrogen and oxygen atoms in total. The van der Waals surface area contributed by atoms with E-state index in [2.05, 4.69) is 18.3 Å². The predicted octanol–water partition coefficient (Wildman–Crippen LogP) is 2.42. The number of benzene rings is 1. The van der Waals surface area contributed by atoms with E-state index in [0.717, 1.165) is 22.6 Å². The van der Waals surface area contributed by atoms with Crippen LogP contribution in [0.3, 0.4) is 0 Å². The molecule has 0 saturated carbocycles. The minimum Gasteiger partial charge on any atom is -0.497 e. The molecule has 1 fully saturated rings. The number of amides is 1. The van der Waals surface area contributed by atoms with Crippen LogP contribution in [0.4, 0.5) is 0 Å². The summed E-state index contributed by atoms with van der Waals surface area (Å²) < 4.78 is 5.25. The highest BCUT2D eigenvalue weighted by molar-refractivity contribution is 8.04. The first-order valence-corrected chi connectivity index (χ1v) is 6.52. The molecule has 1 aromatic rings. The molecular weight excluding hydrogens is 234 g/mol. The molecule has 0 aliphatic carbocycles. The fourth-order valence-corrected chi connectivity index (χ4v) is 2.46. The maximum Gasteiger partial charge on any atom is 0.258 e. The first-order chi connectivity index (χ1) is 8.22. The van der Waals surface area contributed by atoms with Crippen molar-refractivity contribution in [1.82, 2.24) is 5.32 Å². The lowest BCUT2D eigenvalue weighted by Gasteiger charge is -2.05. The number of nitrogens with one attached hydrogen (secondary N) is 1. The van der Waals surface area contributed by atoms with Gasteiger partial charge in [-0.1, -0.05) is 24.8 Å². The van der Waals surface area contributed by atoms with Crippen LogP contribution in [0.2, 0.25) is 0 Å². The van der Waals surface area contributed by atoms with Gasteiger partial charge in [0.2, 0.25) is 0 Å². The third kappa shape index (κ3) is 2.82. The molecule has 0 spiro atoms. The molecule has 1 amide bonds. The number of carbonyl (C=O) groups excluding carboxylic acids is 1. The molecule has 1 saturated heterocycles. The van der Waals surface area contributed by atoms with E-state index in [1.807, 2.05) is 18.2 Å². The second-order valence-electron chi connectivity index (χ2n) is 3.77. The average Bonchev–Trinajstić information content (AvgIpc) is 2.74. The highest BCUT2D eigenvalue weighted by atomic mass is 32.2. The van der Waals surface area contributed by atoms with Gasteiger partial charge >= 0.3 is 0 Å². The van der Waals surface area contributed by atoms with E-state index in [4.69, 9.17) is 4.74 Å². The smallest absolute Gasteiger partial charge is 0.258 e. The van der Waals surface area contributed by atoms with E-state index in [1.165, 1.54) is 17.3 Å². The van der Waals surface area contributed by atoms with Crippen molar-refractivity contribution in [1.29, 1.82) is 0 Å². The highest BCUT2D eigenvalue weighted by Crippen LogP contribution is 2.26. The fourth-order valence-electron chi connectivity index (χ4n) is 1.68. The van der Waals surface area contributed by atoms with Crippen molar-refractivity contribution in [3.63, 3.8) is 0 Å². The maximum absolute atomic E-state index is 11.5. The highest BCUT2D eigenvalue weighted by Gasteiger charge is 2.16. The fraction of sp³-hybridized carbons (Fsp3) is 0.308.